The summed E-state index contributed by atoms with van der Waals surface area (Å²) in [5, 5.41) is 8.04. The third-order valence-electron chi connectivity index (χ3n) is 2.82. The summed E-state index contributed by atoms with van der Waals surface area (Å²) in [7, 11) is 0. The maximum Gasteiger partial charge on any atom is 0.407 e. The molecule has 0 aliphatic carbocycles. The molecule has 7 heteroatoms. The minimum atomic E-state index is -0.542. The van der Waals surface area contributed by atoms with Crippen molar-refractivity contribution in [3.05, 3.63) is 29.8 Å². The lowest BCUT2D eigenvalue weighted by molar-refractivity contribution is -0.116. The number of hydrogen-bond acceptors (Lipinski definition) is 4. The first-order chi connectivity index (χ1) is 11.2. The molecule has 1 aromatic carbocycles. The lowest BCUT2D eigenvalue weighted by Crippen LogP contribution is -2.40. The summed E-state index contributed by atoms with van der Waals surface area (Å²) >= 11 is 0. The quantitative estimate of drug-likeness (QED) is 0.743. The standard InChI is InChI=1S/C17H25N3O4/c1-5-24-16(23)18-11-10-14(21)19-13-8-6-12(7-9-13)15(22)20-17(2,3)4/h6-9H,5,10-11H2,1-4H3,(H,18,23)(H,19,21)(H,20,22). The van der Waals surface area contributed by atoms with Crippen molar-refractivity contribution in [2.75, 3.05) is 18.5 Å². The molecule has 0 saturated heterocycles. The molecule has 0 aliphatic rings. The Hall–Kier alpha value is -2.57. The molecule has 0 spiro atoms. The molecule has 0 aromatic heterocycles. The molecule has 0 atom stereocenters. The minimum absolute atomic E-state index is 0.130. The van der Waals surface area contributed by atoms with Gasteiger partial charge in [0.05, 0.1) is 6.61 Å². The summed E-state index contributed by atoms with van der Waals surface area (Å²) in [6, 6.07) is 6.61. The SMILES string of the molecule is CCOC(=O)NCCC(=O)Nc1ccc(C(=O)NC(C)(C)C)cc1. The third kappa shape index (κ3) is 7.62. The number of ether oxygens (including phenoxy) is 1. The zero-order chi connectivity index (χ0) is 18.2. The molecular weight excluding hydrogens is 310 g/mol. The summed E-state index contributed by atoms with van der Waals surface area (Å²) in [5.74, 6) is -0.405. The zero-order valence-electron chi connectivity index (χ0n) is 14.6. The Morgan fingerprint density at radius 1 is 1.08 bits per heavy atom. The number of rotatable bonds is 6. The molecule has 0 aliphatic heterocycles. The van der Waals surface area contributed by atoms with E-state index in [1.165, 1.54) is 0 Å². The second kappa shape index (κ2) is 8.90. The largest absolute Gasteiger partial charge is 0.450 e. The monoisotopic (exact) mass is 335 g/mol. The Bertz CT molecular complexity index is 576. The van der Waals surface area contributed by atoms with Crippen molar-refractivity contribution in [1.29, 1.82) is 0 Å². The van der Waals surface area contributed by atoms with Crippen molar-refractivity contribution in [3.63, 3.8) is 0 Å². The summed E-state index contributed by atoms with van der Waals surface area (Å²) in [6.45, 7) is 7.90. The number of amides is 3. The van der Waals surface area contributed by atoms with Gasteiger partial charge in [-0.05, 0) is 52.0 Å². The van der Waals surface area contributed by atoms with Gasteiger partial charge in [-0.25, -0.2) is 4.79 Å². The van der Waals surface area contributed by atoms with Gasteiger partial charge in [-0.3, -0.25) is 9.59 Å². The molecule has 0 bridgehead atoms. The van der Waals surface area contributed by atoms with Crippen LogP contribution in [0.15, 0.2) is 24.3 Å². The first kappa shape index (κ1) is 19.5. The summed E-state index contributed by atoms with van der Waals surface area (Å²) < 4.78 is 4.69. The molecule has 7 nitrogen and oxygen atoms in total. The molecular formula is C17H25N3O4. The Balaban J connectivity index is 2.45. The summed E-state index contributed by atoms with van der Waals surface area (Å²) in [5.41, 5.74) is 0.797. The van der Waals surface area contributed by atoms with E-state index in [0.717, 1.165) is 0 Å². The fourth-order valence-corrected chi connectivity index (χ4v) is 1.80. The van der Waals surface area contributed by atoms with E-state index in [2.05, 4.69) is 16.0 Å². The Kier molecular flexibility index (Phi) is 7.23. The molecule has 0 radical (unpaired) electrons. The van der Waals surface area contributed by atoms with Gasteiger partial charge in [0.2, 0.25) is 5.91 Å². The molecule has 0 saturated carbocycles. The van der Waals surface area contributed by atoms with Gasteiger partial charge in [0, 0.05) is 29.8 Å². The van der Waals surface area contributed by atoms with E-state index < -0.39 is 6.09 Å². The molecule has 3 N–H and O–H groups in total. The fraction of sp³-hybridized carbons (Fsp3) is 0.471. The fourth-order valence-electron chi connectivity index (χ4n) is 1.80. The minimum Gasteiger partial charge on any atom is -0.450 e. The van der Waals surface area contributed by atoms with Gasteiger partial charge >= 0.3 is 6.09 Å². The van der Waals surface area contributed by atoms with Crippen LogP contribution in [0.3, 0.4) is 0 Å². The number of alkyl carbamates (subject to hydrolysis) is 1. The van der Waals surface area contributed by atoms with Crippen LogP contribution in [0.4, 0.5) is 10.5 Å². The average Bonchev–Trinajstić information content (AvgIpc) is 2.46. The van der Waals surface area contributed by atoms with Crippen LogP contribution < -0.4 is 16.0 Å². The highest BCUT2D eigenvalue weighted by atomic mass is 16.5. The van der Waals surface area contributed by atoms with E-state index >= 15 is 0 Å². The maximum atomic E-state index is 12.0. The van der Waals surface area contributed by atoms with Crippen LogP contribution in [0.2, 0.25) is 0 Å². The molecule has 132 valence electrons. The number of carbonyl (C=O) groups is 3. The van der Waals surface area contributed by atoms with Crippen molar-refractivity contribution in [3.8, 4) is 0 Å². The van der Waals surface area contributed by atoms with Gasteiger partial charge < -0.3 is 20.7 Å². The summed E-state index contributed by atoms with van der Waals surface area (Å²) in [6.07, 6.45) is -0.412. The van der Waals surface area contributed by atoms with Gasteiger partial charge in [-0.2, -0.15) is 0 Å². The number of carbonyl (C=O) groups excluding carboxylic acids is 3. The second-order valence-electron chi connectivity index (χ2n) is 6.23. The van der Waals surface area contributed by atoms with Crippen molar-refractivity contribution >= 4 is 23.6 Å². The lowest BCUT2D eigenvalue weighted by Gasteiger charge is -2.20. The zero-order valence-corrected chi connectivity index (χ0v) is 14.6. The highest BCUT2D eigenvalue weighted by Crippen LogP contribution is 2.11. The molecule has 3 amide bonds. The molecule has 0 unspecified atom stereocenters. The van der Waals surface area contributed by atoms with Crippen LogP contribution in [0, 0.1) is 0 Å². The molecule has 1 aromatic rings. The first-order valence-corrected chi connectivity index (χ1v) is 7.84. The van der Waals surface area contributed by atoms with Crippen LogP contribution in [0.25, 0.3) is 0 Å². The van der Waals surface area contributed by atoms with E-state index in [4.69, 9.17) is 4.74 Å². The second-order valence-corrected chi connectivity index (χ2v) is 6.23. The van der Waals surface area contributed by atoms with Crippen molar-refractivity contribution in [1.82, 2.24) is 10.6 Å². The predicted molar refractivity (Wildman–Crippen MR) is 91.9 cm³/mol. The van der Waals surface area contributed by atoms with Gasteiger partial charge in [0.1, 0.15) is 0 Å². The molecule has 0 fully saturated rings. The van der Waals surface area contributed by atoms with Gasteiger partial charge in [0.15, 0.2) is 0 Å². The van der Waals surface area contributed by atoms with Crippen LogP contribution >= 0.6 is 0 Å². The Morgan fingerprint density at radius 2 is 1.71 bits per heavy atom. The van der Waals surface area contributed by atoms with E-state index in [9.17, 15) is 14.4 Å². The van der Waals surface area contributed by atoms with Crippen molar-refractivity contribution in [2.24, 2.45) is 0 Å². The highest BCUT2D eigenvalue weighted by molar-refractivity contribution is 5.96. The van der Waals surface area contributed by atoms with Crippen LogP contribution in [-0.4, -0.2) is 36.6 Å². The molecule has 24 heavy (non-hydrogen) atoms. The predicted octanol–water partition coefficient (Wildman–Crippen LogP) is 2.29. The average molecular weight is 335 g/mol. The van der Waals surface area contributed by atoms with Gasteiger partial charge in [-0.15, -0.1) is 0 Å². The van der Waals surface area contributed by atoms with E-state index in [-0.39, 0.29) is 36.9 Å². The number of hydrogen-bond donors (Lipinski definition) is 3. The molecule has 1 rings (SSSR count). The van der Waals surface area contributed by atoms with Crippen molar-refractivity contribution in [2.45, 2.75) is 39.7 Å². The summed E-state index contributed by atoms with van der Waals surface area (Å²) in [4.78, 5) is 34.9. The topological polar surface area (TPSA) is 96.5 Å². The van der Waals surface area contributed by atoms with Gasteiger partial charge in [0.25, 0.3) is 5.91 Å². The van der Waals surface area contributed by atoms with Crippen LogP contribution in [0.1, 0.15) is 44.5 Å². The molecule has 0 heterocycles. The van der Waals surface area contributed by atoms with Crippen LogP contribution in [-0.2, 0) is 9.53 Å². The highest BCUT2D eigenvalue weighted by Gasteiger charge is 2.15. The normalized spacial score (nSPS) is 10.7. The Labute approximate surface area is 142 Å². The smallest absolute Gasteiger partial charge is 0.407 e. The van der Waals surface area contributed by atoms with E-state index in [0.29, 0.717) is 11.3 Å². The van der Waals surface area contributed by atoms with E-state index in [1.807, 2.05) is 20.8 Å². The lowest BCUT2D eigenvalue weighted by atomic mass is 10.1. The Morgan fingerprint density at radius 3 is 2.25 bits per heavy atom. The number of anilines is 1. The first-order valence-electron chi connectivity index (χ1n) is 7.84. The van der Waals surface area contributed by atoms with E-state index in [1.54, 1.807) is 31.2 Å². The number of nitrogens with one attached hydrogen (secondary N) is 3. The van der Waals surface area contributed by atoms with Crippen molar-refractivity contribution < 1.29 is 19.1 Å². The van der Waals surface area contributed by atoms with Gasteiger partial charge in [-0.1, -0.05) is 0 Å². The maximum absolute atomic E-state index is 12.0. The third-order valence-corrected chi connectivity index (χ3v) is 2.82. The van der Waals surface area contributed by atoms with Crippen LogP contribution in [0.5, 0.6) is 0 Å². The number of benzene rings is 1.